The summed E-state index contributed by atoms with van der Waals surface area (Å²) in [6.07, 6.45) is 10.2. The van der Waals surface area contributed by atoms with Crippen LogP contribution in [0.2, 0.25) is 0 Å². The number of methoxy groups -OCH3 is 1. The molecule has 0 atom stereocenters. The number of halogens is 1. The second kappa shape index (κ2) is 14.0. The van der Waals surface area contributed by atoms with Crippen molar-refractivity contribution in [2.24, 2.45) is 4.99 Å². The van der Waals surface area contributed by atoms with Crippen molar-refractivity contribution >= 4 is 29.9 Å². The molecule has 1 heterocycles. The minimum atomic E-state index is 0. The summed E-state index contributed by atoms with van der Waals surface area (Å²) in [5, 5.41) is 6.86. The van der Waals surface area contributed by atoms with E-state index in [1.165, 1.54) is 51.7 Å². The Bertz CT molecular complexity index is 644. The van der Waals surface area contributed by atoms with Gasteiger partial charge in [-0.05, 0) is 77.1 Å². The molecule has 3 rings (SSSR count). The van der Waals surface area contributed by atoms with Crippen molar-refractivity contribution < 1.29 is 9.47 Å². The largest absolute Gasteiger partial charge is 0.493 e. The van der Waals surface area contributed by atoms with Gasteiger partial charge in [-0.25, -0.2) is 0 Å². The third kappa shape index (κ3) is 7.80. The molecule has 0 radical (unpaired) electrons. The topological polar surface area (TPSA) is 58.1 Å². The maximum Gasteiger partial charge on any atom is 0.191 e. The zero-order valence-electron chi connectivity index (χ0n) is 18.6. The van der Waals surface area contributed by atoms with E-state index < -0.39 is 0 Å². The predicted molar refractivity (Wildman–Crippen MR) is 134 cm³/mol. The highest BCUT2D eigenvalue weighted by atomic mass is 127. The van der Waals surface area contributed by atoms with Gasteiger partial charge >= 0.3 is 0 Å². The van der Waals surface area contributed by atoms with Crippen molar-refractivity contribution in [3.63, 3.8) is 0 Å². The lowest BCUT2D eigenvalue weighted by molar-refractivity contribution is 0.198. The summed E-state index contributed by atoms with van der Waals surface area (Å²) < 4.78 is 11.9. The van der Waals surface area contributed by atoms with Gasteiger partial charge in [0.15, 0.2) is 17.5 Å². The van der Waals surface area contributed by atoms with Crippen LogP contribution in [0.4, 0.5) is 0 Å². The van der Waals surface area contributed by atoms with E-state index in [1.807, 2.05) is 19.2 Å². The molecule has 0 bridgehead atoms. The average molecular weight is 530 g/mol. The summed E-state index contributed by atoms with van der Waals surface area (Å²) >= 11 is 0. The number of unbranched alkanes of at least 4 members (excludes halogenated alkanes) is 1. The Morgan fingerprint density at radius 2 is 1.87 bits per heavy atom. The number of aliphatic imine (C=N–C) groups is 1. The zero-order chi connectivity index (χ0) is 20.3. The second-order valence-corrected chi connectivity index (χ2v) is 8.08. The van der Waals surface area contributed by atoms with Crippen LogP contribution >= 0.6 is 24.0 Å². The normalized spacial score (nSPS) is 17.6. The van der Waals surface area contributed by atoms with Gasteiger partial charge in [-0.1, -0.05) is 12.1 Å². The molecule has 30 heavy (non-hydrogen) atoms. The summed E-state index contributed by atoms with van der Waals surface area (Å²) in [5.74, 6) is 2.51. The van der Waals surface area contributed by atoms with Crippen molar-refractivity contribution in [1.82, 2.24) is 15.5 Å². The maximum absolute atomic E-state index is 6.33. The Hall–Kier alpha value is -1.22. The highest BCUT2D eigenvalue weighted by Crippen LogP contribution is 2.34. The molecule has 7 heteroatoms. The molecule has 170 valence electrons. The monoisotopic (exact) mass is 530 g/mol. The quantitative estimate of drug-likeness (QED) is 0.206. The third-order valence-electron chi connectivity index (χ3n) is 5.93. The fraction of sp³-hybridized carbons (Fsp3) is 0.696. The lowest BCUT2D eigenvalue weighted by Crippen LogP contribution is -2.37. The number of rotatable bonds is 10. The van der Waals surface area contributed by atoms with Gasteiger partial charge in [0, 0.05) is 25.7 Å². The highest BCUT2D eigenvalue weighted by molar-refractivity contribution is 14.0. The van der Waals surface area contributed by atoms with Crippen LogP contribution in [0.1, 0.15) is 56.9 Å². The van der Waals surface area contributed by atoms with Crippen LogP contribution in [0.25, 0.3) is 0 Å². The first-order valence-corrected chi connectivity index (χ1v) is 11.3. The molecule has 1 saturated heterocycles. The highest BCUT2D eigenvalue weighted by Gasteiger charge is 2.20. The molecule has 2 fully saturated rings. The molecule has 1 aromatic carbocycles. The number of hydrogen-bond acceptors (Lipinski definition) is 4. The molecular weight excluding hydrogens is 491 g/mol. The van der Waals surface area contributed by atoms with Crippen molar-refractivity contribution in [3.8, 4) is 11.5 Å². The zero-order valence-corrected chi connectivity index (χ0v) is 21.0. The van der Waals surface area contributed by atoms with Crippen molar-refractivity contribution in [1.29, 1.82) is 0 Å². The number of nitrogens with zero attached hydrogens (tertiary/aromatic N) is 2. The standard InChI is InChI=1S/C23H38N4O2.HI/c1-24-23(25-14-5-6-15-27-16-7-8-17-27)26-18-19-10-9-13-21(28-2)22(19)29-20-11-3-4-12-20;/h9-10,13,20H,3-8,11-12,14-18H2,1-2H3,(H2,24,25,26);1H. The molecule has 1 aliphatic carbocycles. The molecule has 0 spiro atoms. The molecule has 2 aliphatic rings. The van der Waals surface area contributed by atoms with Gasteiger partial charge in [0.05, 0.1) is 13.2 Å². The lowest BCUT2D eigenvalue weighted by Gasteiger charge is -2.20. The maximum atomic E-state index is 6.33. The van der Waals surface area contributed by atoms with E-state index in [9.17, 15) is 0 Å². The molecule has 6 nitrogen and oxygen atoms in total. The predicted octanol–water partition coefficient (Wildman–Crippen LogP) is 4.18. The van der Waals surface area contributed by atoms with E-state index in [-0.39, 0.29) is 24.0 Å². The van der Waals surface area contributed by atoms with Crippen LogP contribution in [0, 0.1) is 0 Å². The number of benzene rings is 1. The van der Waals surface area contributed by atoms with E-state index in [2.05, 4.69) is 26.6 Å². The van der Waals surface area contributed by atoms with Crippen LogP contribution in [0.5, 0.6) is 11.5 Å². The van der Waals surface area contributed by atoms with E-state index in [0.29, 0.717) is 12.6 Å². The summed E-state index contributed by atoms with van der Waals surface area (Å²) in [6.45, 7) is 5.38. The van der Waals surface area contributed by atoms with Crippen LogP contribution in [-0.4, -0.2) is 57.3 Å². The Morgan fingerprint density at radius 3 is 2.57 bits per heavy atom. The van der Waals surface area contributed by atoms with Gasteiger partial charge in [-0.2, -0.15) is 0 Å². The van der Waals surface area contributed by atoms with E-state index in [4.69, 9.17) is 9.47 Å². The van der Waals surface area contributed by atoms with Gasteiger partial charge in [-0.15, -0.1) is 24.0 Å². The van der Waals surface area contributed by atoms with Crippen molar-refractivity contribution in [2.75, 3.05) is 40.3 Å². The summed E-state index contributed by atoms with van der Waals surface area (Å²) in [6, 6.07) is 6.09. The minimum absolute atomic E-state index is 0. The molecular formula is C23H39IN4O2. The molecule has 2 N–H and O–H groups in total. The van der Waals surface area contributed by atoms with E-state index in [0.717, 1.165) is 48.8 Å². The van der Waals surface area contributed by atoms with Crippen molar-refractivity contribution in [3.05, 3.63) is 23.8 Å². The van der Waals surface area contributed by atoms with Crippen LogP contribution in [0.15, 0.2) is 23.2 Å². The first-order valence-electron chi connectivity index (χ1n) is 11.3. The van der Waals surface area contributed by atoms with Crippen molar-refractivity contribution in [2.45, 2.75) is 64.0 Å². The Kier molecular flexibility index (Phi) is 11.7. The van der Waals surface area contributed by atoms with Gasteiger partial charge < -0.3 is 25.0 Å². The Morgan fingerprint density at radius 1 is 1.10 bits per heavy atom. The minimum Gasteiger partial charge on any atom is -0.493 e. The van der Waals surface area contributed by atoms with Crippen LogP contribution in [0.3, 0.4) is 0 Å². The molecule has 1 saturated carbocycles. The molecule has 0 unspecified atom stereocenters. The number of guanidine groups is 1. The second-order valence-electron chi connectivity index (χ2n) is 8.08. The van der Waals surface area contributed by atoms with Gasteiger partial charge in [0.1, 0.15) is 0 Å². The fourth-order valence-electron chi connectivity index (χ4n) is 4.24. The summed E-state index contributed by atoms with van der Waals surface area (Å²) in [7, 11) is 3.53. The molecule has 1 aliphatic heterocycles. The first kappa shape index (κ1) is 25.0. The number of para-hydroxylation sites is 1. The van der Waals surface area contributed by atoms with Gasteiger partial charge in [0.2, 0.25) is 0 Å². The average Bonchev–Trinajstić information content (AvgIpc) is 3.45. The number of nitrogens with one attached hydrogen (secondary N) is 2. The smallest absolute Gasteiger partial charge is 0.191 e. The molecule has 0 amide bonds. The lowest BCUT2D eigenvalue weighted by atomic mass is 10.1. The van der Waals surface area contributed by atoms with Gasteiger partial charge in [-0.3, -0.25) is 4.99 Å². The number of ether oxygens (including phenoxy) is 2. The SMILES string of the molecule is CN=C(NCCCCN1CCCC1)NCc1cccc(OC)c1OC1CCCC1.I. The Balaban J connectivity index is 0.00000320. The Labute approximate surface area is 199 Å². The molecule has 1 aromatic rings. The van der Waals surface area contributed by atoms with Gasteiger partial charge in [0.25, 0.3) is 0 Å². The van der Waals surface area contributed by atoms with Crippen LogP contribution < -0.4 is 20.1 Å². The first-order chi connectivity index (χ1) is 14.3. The number of hydrogen-bond donors (Lipinski definition) is 2. The van der Waals surface area contributed by atoms with Crippen LogP contribution in [-0.2, 0) is 6.54 Å². The van der Waals surface area contributed by atoms with E-state index in [1.54, 1.807) is 7.11 Å². The summed E-state index contributed by atoms with van der Waals surface area (Å²) in [4.78, 5) is 6.94. The fourth-order valence-corrected chi connectivity index (χ4v) is 4.24. The van der Waals surface area contributed by atoms with E-state index >= 15 is 0 Å². The number of likely N-dealkylation sites (tertiary alicyclic amines) is 1. The molecule has 0 aromatic heterocycles. The third-order valence-corrected chi connectivity index (χ3v) is 5.93. The summed E-state index contributed by atoms with van der Waals surface area (Å²) in [5.41, 5.74) is 1.10.